The molecule has 0 bridgehead atoms. The number of aromatic amines is 1. The lowest BCUT2D eigenvalue weighted by Gasteiger charge is -2.19. The molecule has 0 aliphatic rings. The van der Waals surface area contributed by atoms with E-state index in [1.54, 1.807) is 0 Å². The number of nitrogens with zero attached hydrogens (tertiary/aromatic N) is 1. The Hall–Kier alpha value is -1.74. The summed E-state index contributed by atoms with van der Waals surface area (Å²) >= 11 is 0. The Morgan fingerprint density at radius 2 is 2.12 bits per heavy atom. The summed E-state index contributed by atoms with van der Waals surface area (Å²) in [6.07, 6.45) is 1.94. The zero-order valence-corrected chi connectivity index (χ0v) is 9.48. The van der Waals surface area contributed by atoms with Crippen LogP contribution in [0.1, 0.15) is 11.3 Å². The second kappa shape index (κ2) is 4.86. The second-order valence-corrected chi connectivity index (χ2v) is 3.93. The van der Waals surface area contributed by atoms with Crippen LogP contribution in [0.15, 0.2) is 42.6 Å². The molecule has 0 fully saturated rings. The Labute approximate surface area is 95.9 Å². The molecule has 3 heteroatoms. The van der Waals surface area contributed by atoms with Crippen LogP contribution in [-0.2, 0) is 13.1 Å². The molecule has 0 radical (unpaired) electrons. The molecule has 3 nitrogen and oxygen atoms in total. The molecule has 0 saturated carbocycles. The fourth-order valence-electron chi connectivity index (χ4n) is 1.73. The van der Waals surface area contributed by atoms with Crippen molar-refractivity contribution in [3.05, 3.63) is 53.9 Å². The quantitative estimate of drug-likeness (QED) is 0.820. The van der Waals surface area contributed by atoms with Crippen molar-refractivity contribution in [1.29, 1.82) is 0 Å². The summed E-state index contributed by atoms with van der Waals surface area (Å²) in [6.45, 7) is 1.46. The molecule has 3 N–H and O–H groups in total. The monoisotopic (exact) mass is 215 g/mol. The first kappa shape index (κ1) is 10.8. The molecule has 1 aromatic heterocycles. The first-order valence-corrected chi connectivity index (χ1v) is 5.42. The van der Waals surface area contributed by atoms with Gasteiger partial charge in [0.05, 0.1) is 6.54 Å². The average Bonchev–Trinajstić information content (AvgIpc) is 2.82. The molecule has 0 unspecified atom stereocenters. The number of aromatic nitrogens is 1. The van der Waals surface area contributed by atoms with Gasteiger partial charge >= 0.3 is 0 Å². The van der Waals surface area contributed by atoms with Crippen LogP contribution in [-0.4, -0.2) is 12.0 Å². The maximum atomic E-state index is 5.63. The van der Waals surface area contributed by atoms with Gasteiger partial charge in [0.2, 0.25) is 0 Å². The zero-order chi connectivity index (χ0) is 11.4. The van der Waals surface area contributed by atoms with Crippen molar-refractivity contribution in [2.24, 2.45) is 5.73 Å². The van der Waals surface area contributed by atoms with Gasteiger partial charge < -0.3 is 15.6 Å². The molecule has 84 valence electrons. The van der Waals surface area contributed by atoms with E-state index in [0.717, 1.165) is 12.1 Å². The molecule has 0 aliphatic carbocycles. The van der Waals surface area contributed by atoms with Crippen LogP contribution < -0.4 is 10.6 Å². The minimum absolute atomic E-state index is 0.587. The molecule has 0 spiro atoms. The molecule has 0 amide bonds. The standard InChI is InChI=1S/C13H17N3/c1-16(10-12-5-3-7-15-12)13-6-2-4-11(8-13)9-14/h2-8,15H,9-10,14H2,1H3. The first-order chi connectivity index (χ1) is 7.79. The van der Waals surface area contributed by atoms with E-state index in [4.69, 9.17) is 5.73 Å². The number of rotatable bonds is 4. The maximum Gasteiger partial charge on any atom is 0.0576 e. The van der Waals surface area contributed by atoms with Crippen molar-refractivity contribution in [3.8, 4) is 0 Å². The fourth-order valence-corrected chi connectivity index (χ4v) is 1.73. The third kappa shape index (κ3) is 2.44. The van der Waals surface area contributed by atoms with Gasteiger partial charge in [-0.15, -0.1) is 0 Å². The Bertz CT molecular complexity index is 434. The number of nitrogens with one attached hydrogen (secondary N) is 1. The largest absolute Gasteiger partial charge is 0.369 e. The van der Waals surface area contributed by atoms with E-state index < -0.39 is 0 Å². The van der Waals surface area contributed by atoms with Crippen LogP contribution in [0.2, 0.25) is 0 Å². The van der Waals surface area contributed by atoms with E-state index in [0.29, 0.717) is 6.54 Å². The predicted octanol–water partition coefficient (Wildman–Crippen LogP) is 2.11. The second-order valence-electron chi connectivity index (χ2n) is 3.93. The van der Waals surface area contributed by atoms with Gasteiger partial charge in [0.15, 0.2) is 0 Å². The van der Waals surface area contributed by atoms with E-state index in [9.17, 15) is 0 Å². The zero-order valence-electron chi connectivity index (χ0n) is 9.48. The molecule has 2 rings (SSSR count). The van der Waals surface area contributed by atoms with Crippen molar-refractivity contribution in [3.63, 3.8) is 0 Å². The van der Waals surface area contributed by atoms with Crippen LogP contribution in [0.25, 0.3) is 0 Å². The van der Waals surface area contributed by atoms with Crippen molar-refractivity contribution in [2.75, 3.05) is 11.9 Å². The highest BCUT2D eigenvalue weighted by molar-refractivity contribution is 5.48. The number of nitrogens with two attached hydrogens (primary N) is 1. The van der Waals surface area contributed by atoms with Crippen LogP contribution >= 0.6 is 0 Å². The lowest BCUT2D eigenvalue weighted by molar-refractivity contribution is 0.892. The summed E-state index contributed by atoms with van der Waals surface area (Å²) in [4.78, 5) is 5.40. The van der Waals surface area contributed by atoms with Crippen molar-refractivity contribution < 1.29 is 0 Å². The highest BCUT2D eigenvalue weighted by Crippen LogP contribution is 2.16. The lowest BCUT2D eigenvalue weighted by Crippen LogP contribution is -2.16. The third-order valence-electron chi connectivity index (χ3n) is 2.66. The fraction of sp³-hybridized carbons (Fsp3) is 0.231. The molecular weight excluding hydrogens is 198 g/mol. The van der Waals surface area contributed by atoms with Gasteiger partial charge in [0.25, 0.3) is 0 Å². The van der Waals surface area contributed by atoms with Crippen LogP contribution in [0, 0.1) is 0 Å². The summed E-state index contributed by atoms with van der Waals surface area (Å²) < 4.78 is 0. The summed E-state index contributed by atoms with van der Waals surface area (Å²) in [5.41, 5.74) is 9.19. The number of anilines is 1. The molecule has 1 aromatic carbocycles. The Morgan fingerprint density at radius 3 is 2.81 bits per heavy atom. The Balaban J connectivity index is 2.11. The molecule has 0 atom stereocenters. The molecule has 0 aliphatic heterocycles. The van der Waals surface area contributed by atoms with Crippen molar-refractivity contribution in [1.82, 2.24) is 4.98 Å². The minimum Gasteiger partial charge on any atom is -0.369 e. The molecular formula is C13H17N3. The average molecular weight is 215 g/mol. The highest BCUT2D eigenvalue weighted by Gasteiger charge is 2.02. The highest BCUT2D eigenvalue weighted by atomic mass is 15.1. The van der Waals surface area contributed by atoms with E-state index >= 15 is 0 Å². The lowest BCUT2D eigenvalue weighted by atomic mass is 10.2. The topological polar surface area (TPSA) is 45.0 Å². The van der Waals surface area contributed by atoms with Crippen LogP contribution in [0.5, 0.6) is 0 Å². The summed E-state index contributed by atoms with van der Waals surface area (Å²) in [5, 5.41) is 0. The van der Waals surface area contributed by atoms with Gasteiger partial charge in [-0.05, 0) is 29.8 Å². The van der Waals surface area contributed by atoms with Gasteiger partial charge in [-0.2, -0.15) is 0 Å². The maximum absolute atomic E-state index is 5.63. The van der Waals surface area contributed by atoms with E-state index in [2.05, 4.69) is 35.1 Å². The molecule has 0 saturated heterocycles. The normalized spacial score (nSPS) is 10.4. The van der Waals surface area contributed by atoms with Crippen molar-refractivity contribution in [2.45, 2.75) is 13.1 Å². The first-order valence-electron chi connectivity index (χ1n) is 5.42. The number of H-pyrrole nitrogens is 1. The van der Waals surface area contributed by atoms with Gasteiger partial charge in [0.1, 0.15) is 0 Å². The van der Waals surface area contributed by atoms with Gasteiger partial charge in [-0.3, -0.25) is 0 Å². The van der Waals surface area contributed by atoms with Crippen LogP contribution in [0.3, 0.4) is 0 Å². The third-order valence-corrected chi connectivity index (χ3v) is 2.66. The minimum atomic E-state index is 0.587. The van der Waals surface area contributed by atoms with E-state index in [1.807, 2.05) is 24.4 Å². The van der Waals surface area contributed by atoms with Gasteiger partial charge in [-0.25, -0.2) is 0 Å². The Morgan fingerprint density at radius 1 is 1.25 bits per heavy atom. The number of benzene rings is 1. The van der Waals surface area contributed by atoms with E-state index in [-0.39, 0.29) is 0 Å². The molecule has 1 heterocycles. The van der Waals surface area contributed by atoms with E-state index in [1.165, 1.54) is 11.4 Å². The van der Waals surface area contributed by atoms with Crippen molar-refractivity contribution >= 4 is 5.69 Å². The van der Waals surface area contributed by atoms with Crippen LogP contribution in [0.4, 0.5) is 5.69 Å². The molecule has 2 aromatic rings. The van der Waals surface area contributed by atoms with Gasteiger partial charge in [-0.1, -0.05) is 12.1 Å². The predicted molar refractivity (Wildman–Crippen MR) is 67.2 cm³/mol. The Kier molecular flexibility index (Phi) is 3.27. The number of hydrogen-bond donors (Lipinski definition) is 2. The summed E-state index contributed by atoms with van der Waals surface area (Å²) in [5.74, 6) is 0. The van der Waals surface area contributed by atoms with Gasteiger partial charge in [0, 0.05) is 31.2 Å². The smallest absolute Gasteiger partial charge is 0.0576 e. The summed E-state index contributed by atoms with van der Waals surface area (Å²) in [6, 6.07) is 12.4. The SMILES string of the molecule is CN(Cc1ccc[nH]1)c1cccc(CN)c1. The summed E-state index contributed by atoms with van der Waals surface area (Å²) in [7, 11) is 2.08. The molecule has 16 heavy (non-hydrogen) atoms. The number of hydrogen-bond acceptors (Lipinski definition) is 2.